The smallest absolute Gasteiger partial charge is 0.274 e. The minimum atomic E-state index is -0.0411. The Morgan fingerprint density at radius 2 is 1.92 bits per heavy atom. The van der Waals surface area contributed by atoms with Crippen LogP contribution in [0.15, 0.2) is 24.7 Å². The SMILES string of the molecule is Cc1nn(C)c2ncc(-c3cncc(C(=O)N4CCCCC4)n3)cc12. The van der Waals surface area contributed by atoms with E-state index in [0.29, 0.717) is 11.4 Å². The number of carbonyl (C=O) groups excluding carboxylic acids is 1. The van der Waals surface area contributed by atoms with Crippen molar-refractivity contribution in [3.8, 4) is 11.3 Å². The molecule has 4 heterocycles. The fraction of sp³-hybridized carbons (Fsp3) is 0.389. The van der Waals surface area contributed by atoms with Crippen LogP contribution in [0.2, 0.25) is 0 Å². The second-order valence-electron chi connectivity index (χ2n) is 6.45. The average molecular weight is 336 g/mol. The van der Waals surface area contributed by atoms with E-state index in [2.05, 4.69) is 20.1 Å². The van der Waals surface area contributed by atoms with E-state index in [0.717, 1.165) is 48.2 Å². The van der Waals surface area contributed by atoms with Gasteiger partial charge in [-0.3, -0.25) is 14.5 Å². The number of aryl methyl sites for hydroxylation is 2. The molecule has 0 saturated carbocycles. The summed E-state index contributed by atoms with van der Waals surface area (Å²) in [5.74, 6) is -0.0411. The first kappa shape index (κ1) is 15.7. The number of pyridine rings is 1. The molecule has 0 bridgehead atoms. The molecule has 0 radical (unpaired) electrons. The molecule has 25 heavy (non-hydrogen) atoms. The minimum absolute atomic E-state index is 0.0411. The second kappa shape index (κ2) is 6.23. The summed E-state index contributed by atoms with van der Waals surface area (Å²) in [6.07, 6.45) is 8.26. The Morgan fingerprint density at radius 1 is 1.12 bits per heavy atom. The van der Waals surface area contributed by atoms with Gasteiger partial charge in [-0.05, 0) is 32.3 Å². The summed E-state index contributed by atoms with van der Waals surface area (Å²) in [5, 5.41) is 5.37. The van der Waals surface area contributed by atoms with Crippen molar-refractivity contribution in [3.63, 3.8) is 0 Å². The molecule has 1 fully saturated rings. The van der Waals surface area contributed by atoms with Gasteiger partial charge in [-0.1, -0.05) is 0 Å². The number of nitrogens with zero attached hydrogens (tertiary/aromatic N) is 6. The molecule has 7 nitrogen and oxygen atoms in total. The molecule has 0 aromatic carbocycles. The first-order valence-corrected chi connectivity index (χ1v) is 8.54. The standard InChI is InChI=1S/C18H20N6O/c1-12-14-8-13(9-20-17(14)23(2)22-12)15-10-19-11-16(21-15)18(25)24-6-4-3-5-7-24/h8-11H,3-7H2,1-2H3. The number of fused-ring (bicyclic) bond motifs is 1. The molecular weight excluding hydrogens is 316 g/mol. The van der Waals surface area contributed by atoms with Crippen LogP contribution >= 0.6 is 0 Å². The number of hydrogen-bond donors (Lipinski definition) is 0. The molecule has 7 heteroatoms. The summed E-state index contributed by atoms with van der Waals surface area (Å²) in [7, 11) is 1.87. The van der Waals surface area contributed by atoms with E-state index in [4.69, 9.17) is 0 Å². The lowest BCUT2D eigenvalue weighted by atomic mass is 10.1. The molecule has 3 aromatic rings. The summed E-state index contributed by atoms with van der Waals surface area (Å²) in [6.45, 7) is 3.55. The first-order chi connectivity index (χ1) is 12.1. The van der Waals surface area contributed by atoms with Gasteiger partial charge in [0.15, 0.2) is 5.65 Å². The van der Waals surface area contributed by atoms with Crippen LogP contribution in [0.5, 0.6) is 0 Å². The van der Waals surface area contributed by atoms with Gasteiger partial charge < -0.3 is 4.90 Å². The molecule has 0 unspecified atom stereocenters. The maximum atomic E-state index is 12.6. The van der Waals surface area contributed by atoms with Crippen molar-refractivity contribution < 1.29 is 4.79 Å². The predicted molar refractivity (Wildman–Crippen MR) is 94.0 cm³/mol. The van der Waals surface area contributed by atoms with Crippen molar-refractivity contribution in [2.24, 2.45) is 7.05 Å². The first-order valence-electron chi connectivity index (χ1n) is 8.54. The molecule has 128 valence electrons. The Morgan fingerprint density at radius 3 is 2.72 bits per heavy atom. The number of hydrogen-bond acceptors (Lipinski definition) is 5. The van der Waals surface area contributed by atoms with Gasteiger partial charge >= 0.3 is 0 Å². The van der Waals surface area contributed by atoms with Gasteiger partial charge in [-0.25, -0.2) is 9.97 Å². The molecule has 1 aliphatic rings. The van der Waals surface area contributed by atoms with Crippen molar-refractivity contribution in [1.29, 1.82) is 0 Å². The van der Waals surface area contributed by atoms with Gasteiger partial charge in [-0.2, -0.15) is 5.10 Å². The van der Waals surface area contributed by atoms with E-state index in [-0.39, 0.29) is 5.91 Å². The van der Waals surface area contributed by atoms with Crippen LogP contribution in [0.25, 0.3) is 22.3 Å². The Hall–Kier alpha value is -2.83. The number of aromatic nitrogens is 5. The lowest BCUT2D eigenvalue weighted by Crippen LogP contribution is -2.36. The minimum Gasteiger partial charge on any atom is -0.337 e. The number of carbonyl (C=O) groups is 1. The number of amides is 1. The van der Waals surface area contributed by atoms with Crippen LogP contribution in [-0.4, -0.2) is 48.6 Å². The van der Waals surface area contributed by atoms with Gasteiger partial charge in [0.1, 0.15) is 5.69 Å². The zero-order valence-electron chi connectivity index (χ0n) is 14.4. The Bertz CT molecular complexity index is 942. The van der Waals surface area contributed by atoms with Gasteiger partial charge in [0.25, 0.3) is 5.91 Å². The number of rotatable bonds is 2. The number of piperidine rings is 1. The van der Waals surface area contributed by atoms with Crippen LogP contribution in [-0.2, 0) is 7.05 Å². The monoisotopic (exact) mass is 336 g/mol. The van der Waals surface area contributed by atoms with Gasteiger partial charge in [0.2, 0.25) is 0 Å². The third kappa shape index (κ3) is 2.86. The zero-order chi connectivity index (χ0) is 17.4. The third-order valence-electron chi connectivity index (χ3n) is 4.66. The van der Waals surface area contributed by atoms with Crippen LogP contribution in [0.4, 0.5) is 0 Å². The lowest BCUT2D eigenvalue weighted by molar-refractivity contribution is 0.0718. The molecule has 0 aliphatic carbocycles. The zero-order valence-corrected chi connectivity index (χ0v) is 14.4. The average Bonchev–Trinajstić information content (AvgIpc) is 2.95. The normalized spacial score (nSPS) is 14.9. The summed E-state index contributed by atoms with van der Waals surface area (Å²) in [6, 6.07) is 2.00. The Labute approximate surface area is 145 Å². The molecule has 1 saturated heterocycles. The highest BCUT2D eigenvalue weighted by Crippen LogP contribution is 2.23. The molecular formula is C18H20N6O. The van der Waals surface area contributed by atoms with Gasteiger partial charge in [-0.15, -0.1) is 0 Å². The van der Waals surface area contributed by atoms with Crippen molar-refractivity contribution in [2.75, 3.05) is 13.1 Å². The maximum Gasteiger partial charge on any atom is 0.274 e. The fourth-order valence-electron chi connectivity index (χ4n) is 3.32. The molecule has 0 spiro atoms. The van der Waals surface area contributed by atoms with Crippen molar-refractivity contribution in [1.82, 2.24) is 29.6 Å². The third-order valence-corrected chi connectivity index (χ3v) is 4.66. The molecule has 3 aromatic heterocycles. The Kier molecular flexibility index (Phi) is 3.91. The molecule has 0 N–H and O–H groups in total. The quantitative estimate of drug-likeness (QED) is 0.718. The summed E-state index contributed by atoms with van der Waals surface area (Å²) < 4.78 is 1.76. The van der Waals surface area contributed by atoms with E-state index in [1.807, 2.05) is 24.9 Å². The molecule has 0 atom stereocenters. The van der Waals surface area contributed by atoms with Crippen LogP contribution in [0.3, 0.4) is 0 Å². The van der Waals surface area contributed by atoms with E-state index in [9.17, 15) is 4.79 Å². The summed E-state index contributed by atoms with van der Waals surface area (Å²) >= 11 is 0. The topological polar surface area (TPSA) is 76.8 Å². The summed E-state index contributed by atoms with van der Waals surface area (Å²) in [5.41, 5.74) is 3.63. The van der Waals surface area contributed by atoms with E-state index < -0.39 is 0 Å². The van der Waals surface area contributed by atoms with Gasteiger partial charge in [0.05, 0.1) is 23.8 Å². The van der Waals surface area contributed by atoms with E-state index in [1.54, 1.807) is 23.3 Å². The van der Waals surface area contributed by atoms with Crippen LogP contribution in [0, 0.1) is 6.92 Å². The highest BCUT2D eigenvalue weighted by molar-refractivity contribution is 5.92. The van der Waals surface area contributed by atoms with E-state index in [1.165, 1.54) is 6.42 Å². The van der Waals surface area contributed by atoms with Crippen LogP contribution in [0.1, 0.15) is 35.4 Å². The second-order valence-corrected chi connectivity index (χ2v) is 6.45. The van der Waals surface area contributed by atoms with Crippen LogP contribution < -0.4 is 0 Å². The molecule has 4 rings (SSSR count). The molecule has 1 aliphatic heterocycles. The largest absolute Gasteiger partial charge is 0.337 e. The fourth-order valence-corrected chi connectivity index (χ4v) is 3.32. The highest BCUT2D eigenvalue weighted by atomic mass is 16.2. The lowest BCUT2D eigenvalue weighted by Gasteiger charge is -2.26. The van der Waals surface area contributed by atoms with Gasteiger partial charge in [0, 0.05) is 37.3 Å². The summed E-state index contributed by atoms with van der Waals surface area (Å²) in [4.78, 5) is 27.8. The van der Waals surface area contributed by atoms with Crippen molar-refractivity contribution >= 4 is 16.9 Å². The van der Waals surface area contributed by atoms with Crippen molar-refractivity contribution in [2.45, 2.75) is 26.2 Å². The number of likely N-dealkylation sites (tertiary alicyclic amines) is 1. The Balaban J connectivity index is 1.69. The highest BCUT2D eigenvalue weighted by Gasteiger charge is 2.20. The molecule has 1 amide bonds. The van der Waals surface area contributed by atoms with Crippen molar-refractivity contribution in [3.05, 3.63) is 36.0 Å². The van der Waals surface area contributed by atoms with E-state index >= 15 is 0 Å². The predicted octanol–water partition coefficient (Wildman–Crippen LogP) is 2.36. The maximum absolute atomic E-state index is 12.6.